The molecular formula is C16H20N2O3. The van der Waals surface area contributed by atoms with Gasteiger partial charge in [0.25, 0.3) is 0 Å². The first-order valence-electron chi connectivity index (χ1n) is 6.92. The van der Waals surface area contributed by atoms with E-state index in [2.05, 4.69) is 4.98 Å². The van der Waals surface area contributed by atoms with Crippen molar-refractivity contribution in [1.29, 1.82) is 0 Å². The van der Waals surface area contributed by atoms with Crippen molar-refractivity contribution >= 4 is 22.8 Å². The highest BCUT2D eigenvalue weighted by Gasteiger charge is 2.18. The van der Waals surface area contributed by atoms with Crippen LogP contribution in [0.3, 0.4) is 0 Å². The monoisotopic (exact) mass is 288 g/mol. The van der Waals surface area contributed by atoms with Crippen molar-refractivity contribution in [1.82, 2.24) is 9.88 Å². The number of aliphatic carboxylic acids is 1. The van der Waals surface area contributed by atoms with Crippen LogP contribution in [0.25, 0.3) is 10.9 Å². The third kappa shape index (κ3) is 3.24. The van der Waals surface area contributed by atoms with Crippen molar-refractivity contribution in [3.8, 4) is 0 Å². The van der Waals surface area contributed by atoms with Crippen LogP contribution in [0.15, 0.2) is 24.4 Å². The number of amides is 1. The van der Waals surface area contributed by atoms with E-state index in [1.165, 1.54) is 4.90 Å². The molecule has 0 saturated carbocycles. The van der Waals surface area contributed by atoms with Crippen molar-refractivity contribution in [2.75, 3.05) is 13.6 Å². The van der Waals surface area contributed by atoms with Crippen LogP contribution in [-0.2, 0) is 16.0 Å². The smallest absolute Gasteiger partial charge is 0.308 e. The number of nitrogens with zero attached hydrogens (tertiary/aromatic N) is 1. The number of hydrogen-bond acceptors (Lipinski definition) is 2. The Morgan fingerprint density at radius 2 is 2.10 bits per heavy atom. The number of rotatable bonds is 5. The maximum absolute atomic E-state index is 12.2. The normalized spacial score (nSPS) is 12.3. The van der Waals surface area contributed by atoms with Gasteiger partial charge in [-0.1, -0.05) is 19.1 Å². The maximum Gasteiger partial charge on any atom is 0.308 e. The summed E-state index contributed by atoms with van der Waals surface area (Å²) in [4.78, 5) is 27.7. The van der Waals surface area contributed by atoms with Crippen molar-refractivity contribution in [3.63, 3.8) is 0 Å². The van der Waals surface area contributed by atoms with Crippen molar-refractivity contribution in [2.45, 2.75) is 20.3 Å². The molecule has 5 heteroatoms. The Bertz CT molecular complexity index is 675. The van der Waals surface area contributed by atoms with Gasteiger partial charge in [0.1, 0.15) is 0 Å². The number of H-pyrrole nitrogens is 1. The number of hydrogen-bond donors (Lipinski definition) is 2. The second-order valence-electron chi connectivity index (χ2n) is 5.50. The fourth-order valence-electron chi connectivity index (χ4n) is 2.48. The Morgan fingerprint density at radius 1 is 1.38 bits per heavy atom. The summed E-state index contributed by atoms with van der Waals surface area (Å²) in [7, 11) is 1.64. The lowest BCUT2D eigenvalue weighted by molar-refractivity contribution is -0.142. The molecule has 1 aromatic carbocycles. The van der Waals surface area contributed by atoms with Gasteiger partial charge in [0.05, 0.1) is 12.3 Å². The van der Waals surface area contributed by atoms with Crippen LogP contribution in [-0.4, -0.2) is 40.5 Å². The zero-order valence-electron chi connectivity index (χ0n) is 12.5. The molecule has 112 valence electrons. The van der Waals surface area contributed by atoms with Crippen molar-refractivity contribution in [3.05, 3.63) is 35.5 Å². The Kier molecular flexibility index (Phi) is 4.31. The Balaban J connectivity index is 2.13. The highest BCUT2D eigenvalue weighted by molar-refractivity contribution is 5.91. The van der Waals surface area contributed by atoms with Gasteiger partial charge in [0.2, 0.25) is 5.91 Å². The summed E-state index contributed by atoms with van der Waals surface area (Å²) in [6.07, 6.45) is 2.12. The molecule has 1 aromatic heterocycles. The standard InChI is InChI=1S/C16H20N2O3/c1-10-5-4-6-13-15(10)12(8-17-13)7-14(19)18(3)9-11(2)16(20)21/h4-6,8,11,17H,7,9H2,1-3H3,(H,20,21). The average Bonchev–Trinajstić information content (AvgIpc) is 2.83. The molecule has 2 aromatic rings. The number of carbonyl (C=O) groups is 2. The number of benzene rings is 1. The minimum atomic E-state index is -0.891. The van der Waals surface area contributed by atoms with Crippen LogP contribution in [0, 0.1) is 12.8 Å². The second kappa shape index (κ2) is 5.99. The molecular weight excluding hydrogens is 268 g/mol. The molecule has 1 amide bonds. The topological polar surface area (TPSA) is 73.4 Å². The Morgan fingerprint density at radius 3 is 2.76 bits per heavy atom. The molecule has 0 bridgehead atoms. The van der Waals surface area contributed by atoms with E-state index in [-0.39, 0.29) is 18.9 Å². The van der Waals surface area contributed by atoms with E-state index in [1.807, 2.05) is 31.3 Å². The third-order valence-electron chi connectivity index (χ3n) is 3.73. The molecule has 0 aliphatic carbocycles. The first-order valence-corrected chi connectivity index (χ1v) is 6.92. The summed E-state index contributed by atoms with van der Waals surface area (Å²) < 4.78 is 0. The number of carbonyl (C=O) groups excluding carboxylic acids is 1. The van der Waals surface area contributed by atoms with Crippen LogP contribution in [0.4, 0.5) is 0 Å². The molecule has 0 spiro atoms. The molecule has 0 saturated heterocycles. The van der Waals surface area contributed by atoms with E-state index >= 15 is 0 Å². The molecule has 0 aliphatic rings. The number of aromatic nitrogens is 1. The molecule has 5 nitrogen and oxygen atoms in total. The first kappa shape index (κ1) is 15.1. The van der Waals surface area contributed by atoms with Gasteiger partial charge < -0.3 is 15.0 Å². The zero-order valence-corrected chi connectivity index (χ0v) is 12.5. The lowest BCUT2D eigenvalue weighted by Gasteiger charge is -2.19. The quantitative estimate of drug-likeness (QED) is 0.885. The Labute approximate surface area is 123 Å². The molecule has 1 atom stereocenters. The van der Waals surface area contributed by atoms with Crippen LogP contribution in [0.2, 0.25) is 0 Å². The lowest BCUT2D eigenvalue weighted by atomic mass is 10.0. The molecule has 1 unspecified atom stereocenters. The summed E-state index contributed by atoms with van der Waals surface area (Å²) in [6.45, 7) is 3.83. The van der Waals surface area contributed by atoms with E-state index in [1.54, 1.807) is 14.0 Å². The van der Waals surface area contributed by atoms with Crippen LogP contribution in [0.5, 0.6) is 0 Å². The molecule has 21 heavy (non-hydrogen) atoms. The molecule has 0 fully saturated rings. The highest BCUT2D eigenvalue weighted by Crippen LogP contribution is 2.22. The lowest BCUT2D eigenvalue weighted by Crippen LogP contribution is -2.34. The molecule has 0 radical (unpaired) electrons. The van der Waals surface area contributed by atoms with E-state index in [9.17, 15) is 9.59 Å². The zero-order chi connectivity index (χ0) is 15.6. The Hall–Kier alpha value is -2.30. The molecule has 1 heterocycles. The van der Waals surface area contributed by atoms with Gasteiger partial charge in [0, 0.05) is 30.7 Å². The summed E-state index contributed by atoms with van der Waals surface area (Å²) in [5, 5.41) is 9.98. The number of likely N-dealkylation sites (N-methyl/N-ethyl adjacent to an activating group) is 1. The number of carboxylic acid groups (broad SMARTS) is 1. The van der Waals surface area contributed by atoms with Gasteiger partial charge in [-0.3, -0.25) is 9.59 Å². The SMILES string of the molecule is Cc1cccc2[nH]cc(CC(=O)N(C)CC(C)C(=O)O)c12. The minimum absolute atomic E-state index is 0.0766. The van der Waals surface area contributed by atoms with Gasteiger partial charge in [0.15, 0.2) is 0 Å². The minimum Gasteiger partial charge on any atom is -0.481 e. The predicted molar refractivity (Wildman–Crippen MR) is 81.2 cm³/mol. The van der Waals surface area contributed by atoms with Crippen molar-refractivity contribution < 1.29 is 14.7 Å². The number of nitrogens with one attached hydrogen (secondary N) is 1. The number of aryl methyl sites for hydroxylation is 1. The van der Waals surface area contributed by atoms with Gasteiger partial charge in [-0.15, -0.1) is 0 Å². The van der Waals surface area contributed by atoms with E-state index < -0.39 is 11.9 Å². The van der Waals surface area contributed by atoms with E-state index in [0.717, 1.165) is 22.0 Å². The van der Waals surface area contributed by atoms with Crippen LogP contribution >= 0.6 is 0 Å². The summed E-state index contributed by atoms with van der Waals surface area (Å²) in [5.74, 6) is -1.53. The highest BCUT2D eigenvalue weighted by atomic mass is 16.4. The second-order valence-corrected chi connectivity index (χ2v) is 5.50. The van der Waals surface area contributed by atoms with Gasteiger partial charge in [-0.05, 0) is 24.1 Å². The third-order valence-corrected chi connectivity index (χ3v) is 3.73. The number of fused-ring (bicyclic) bond motifs is 1. The van der Waals surface area contributed by atoms with Gasteiger partial charge in [-0.2, -0.15) is 0 Å². The fraction of sp³-hybridized carbons (Fsp3) is 0.375. The predicted octanol–water partition coefficient (Wildman–Crippen LogP) is 2.20. The number of aromatic amines is 1. The first-order chi connectivity index (χ1) is 9.90. The summed E-state index contributed by atoms with van der Waals surface area (Å²) >= 11 is 0. The summed E-state index contributed by atoms with van der Waals surface area (Å²) in [6, 6.07) is 5.97. The van der Waals surface area contributed by atoms with Crippen LogP contribution < -0.4 is 0 Å². The van der Waals surface area contributed by atoms with E-state index in [4.69, 9.17) is 5.11 Å². The average molecular weight is 288 g/mol. The summed E-state index contributed by atoms with van der Waals surface area (Å²) in [5.41, 5.74) is 3.08. The molecule has 2 N–H and O–H groups in total. The van der Waals surface area contributed by atoms with Gasteiger partial charge in [-0.25, -0.2) is 0 Å². The van der Waals surface area contributed by atoms with E-state index in [0.29, 0.717) is 0 Å². The molecule has 0 aliphatic heterocycles. The maximum atomic E-state index is 12.2. The fourth-order valence-corrected chi connectivity index (χ4v) is 2.48. The molecule has 2 rings (SSSR count). The number of carboxylic acids is 1. The van der Waals surface area contributed by atoms with Crippen LogP contribution in [0.1, 0.15) is 18.1 Å². The van der Waals surface area contributed by atoms with Crippen molar-refractivity contribution in [2.24, 2.45) is 5.92 Å². The largest absolute Gasteiger partial charge is 0.481 e. The van der Waals surface area contributed by atoms with Gasteiger partial charge >= 0.3 is 5.97 Å².